The fraction of sp³-hybridized carbons (Fsp3) is 0.343. The molecule has 0 unspecified atom stereocenters. The van der Waals surface area contributed by atoms with Gasteiger partial charge in [0.2, 0.25) is 5.91 Å². The van der Waals surface area contributed by atoms with Gasteiger partial charge in [-0.15, -0.1) is 11.3 Å². The number of rotatable bonds is 9. The zero-order valence-electron chi connectivity index (χ0n) is 26.6. The summed E-state index contributed by atoms with van der Waals surface area (Å²) < 4.78 is 6.42. The fourth-order valence-electron chi connectivity index (χ4n) is 4.36. The Morgan fingerprint density at radius 1 is 0.822 bits per heavy atom. The number of carbonyl (C=O) groups excluding carboxylic acids is 3. The van der Waals surface area contributed by atoms with Crippen LogP contribution in [-0.4, -0.2) is 45.4 Å². The van der Waals surface area contributed by atoms with Gasteiger partial charge in [0.05, 0.1) is 4.88 Å². The zero-order chi connectivity index (χ0) is 32.9. The SMILES string of the molecule is C[C@@H](NC(=O)[C@H](Cc1ccc(-c2ncc(-c3ccc(Br)cc3)cn2)cc1)NC(=O)c1ccc(C(C)(C)C)s1)C(=O)OC(C)(C)C. The second kappa shape index (κ2) is 14.0. The van der Waals surface area contributed by atoms with Crippen LogP contribution in [0.15, 0.2) is 77.5 Å². The predicted octanol–water partition coefficient (Wildman–Crippen LogP) is 7.12. The van der Waals surface area contributed by atoms with E-state index in [2.05, 4.69) is 57.3 Å². The maximum Gasteiger partial charge on any atom is 0.328 e. The number of amides is 2. The molecule has 0 saturated carbocycles. The molecule has 0 fully saturated rings. The van der Waals surface area contributed by atoms with Crippen LogP contribution >= 0.6 is 27.3 Å². The van der Waals surface area contributed by atoms with Gasteiger partial charge >= 0.3 is 5.97 Å². The molecule has 0 aliphatic carbocycles. The molecule has 4 rings (SSSR count). The Morgan fingerprint density at radius 2 is 1.42 bits per heavy atom. The van der Waals surface area contributed by atoms with Crippen molar-refractivity contribution < 1.29 is 19.1 Å². The van der Waals surface area contributed by atoms with E-state index in [9.17, 15) is 14.4 Å². The summed E-state index contributed by atoms with van der Waals surface area (Å²) in [4.78, 5) is 50.0. The van der Waals surface area contributed by atoms with E-state index in [-0.39, 0.29) is 17.7 Å². The van der Waals surface area contributed by atoms with Gasteiger partial charge in [0.15, 0.2) is 5.82 Å². The minimum Gasteiger partial charge on any atom is -0.458 e. The Kier molecular flexibility index (Phi) is 10.6. The lowest BCUT2D eigenvalue weighted by molar-refractivity contribution is -0.158. The third kappa shape index (κ3) is 9.55. The Balaban J connectivity index is 1.51. The average molecular weight is 692 g/mol. The minimum absolute atomic E-state index is 0.104. The number of nitrogens with zero attached hydrogens (tertiary/aromatic N) is 2. The smallest absolute Gasteiger partial charge is 0.328 e. The van der Waals surface area contributed by atoms with Crippen molar-refractivity contribution in [1.82, 2.24) is 20.6 Å². The van der Waals surface area contributed by atoms with Gasteiger partial charge in [-0.2, -0.15) is 0 Å². The number of hydrogen-bond acceptors (Lipinski definition) is 7. The van der Waals surface area contributed by atoms with Gasteiger partial charge in [0.1, 0.15) is 17.7 Å². The molecule has 10 heteroatoms. The lowest BCUT2D eigenvalue weighted by Gasteiger charge is -2.24. The highest BCUT2D eigenvalue weighted by Crippen LogP contribution is 2.29. The first-order valence-corrected chi connectivity index (χ1v) is 16.3. The monoisotopic (exact) mass is 690 g/mol. The minimum atomic E-state index is -0.935. The second-order valence-electron chi connectivity index (χ2n) is 12.9. The van der Waals surface area contributed by atoms with Crippen molar-refractivity contribution in [3.63, 3.8) is 0 Å². The number of hydrogen-bond donors (Lipinski definition) is 2. The van der Waals surface area contributed by atoms with Crippen LogP contribution in [0.2, 0.25) is 0 Å². The Labute approximate surface area is 277 Å². The number of esters is 1. The van der Waals surface area contributed by atoms with Crippen molar-refractivity contribution in [2.45, 2.75) is 78.0 Å². The quantitative estimate of drug-likeness (QED) is 0.181. The van der Waals surface area contributed by atoms with Crippen molar-refractivity contribution >= 4 is 45.1 Å². The van der Waals surface area contributed by atoms with Gasteiger partial charge < -0.3 is 15.4 Å². The van der Waals surface area contributed by atoms with Crippen molar-refractivity contribution in [3.8, 4) is 22.5 Å². The van der Waals surface area contributed by atoms with Gasteiger partial charge in [0.25, 0.3) is 5.91 Å². The summed E-state index contributed by atoms with van der Waals surface area (Å²) in [6.07, 6.45) is 3.79. The molecule has 0 spiro atoms. The average Bonchev–Trinajstić information content (AvgIpc) is 3.48. The first-order valence-electron chi connectivity index (χ1n) is 14.7. The largest absolute Gasteiger partial charge is 0.458 e. The number of aromatic nitrogens is 2. The van der Waals surface area contributed by atoms with Crippen LogP contribution in [0.25, 0.3) is 22.5 Å². The molecule has 0 bridgehead atoms. The summed E-state index contributed by atoms with van der Waals surface area (Å²) in [5.41, 5.74) is 2.76. The number of carbonyl (C=O) groups is 3. The molecule has 0 radical (unpaired) electrons. The highest BCUT2D eigenvalue weighted by atomic mass is 79.9. The molecular weight excluding hydrogens is 652 g/mol. The van der Waals surface area contributed by atoms with Gasteiger partial charge in [-0.25, -0.2) is 14.8 Å². The van der Waals surface area contributed by atoms with E-state index < -0.39 is 29.6 Å². The number of benzene rings is 2. The highest BCUT2D eigenvalue weighted by molar-refractivity contribution is 9.10. The number of ether oxygens (including phenoxy) is 1. The van der Waals surface area contributed by atoms with Crippen LogP contribution in [0.5, 0.6) is 0 Å². The molecule has 45 heavy (non-hydrogen) atoms. The molecule has 2 aromatic carbocycles. The molecule has 4 aromatic rings. The van der Waals surface area contributed by atoms with E-state index in [4.69, 9.17) is 4.74 Å². The Hall–Kier alpha value is -3.89. The van der Waals surface area contributed by atoms with Crippen LogP contribution in [0, 0.1) is 0 Å². The van der Waals surface area contributed by atoms with Crippen molar-refractivity contribution in [3.05, 3.63) is 92.8 Å². The van der Waals surface area contributed by atoms with E-state index >= 15 is 0 Å². The highest BCUT2D eigenvalue weighted by Gasteiger charge is 2.28. The second-order valence-corrected chi connectivity index (χ2v) is 14.9. The van der Waals surface area contributed by atoms with Gasteiger partial charge in [-0.1, -0.05) is 73.1 Å². The summed E-state index contributed by atoms with van der Waals surface area (Å²) >= 11 is 4.85. The van der Waals surface area contributed by atoms with E-state index in [1.54, 1.807) is 46.2 Å². The molecule has 2 aromatic heterocycles. The summed E-state index contributed by atoms with van der Waals surface area (Å²) in [5.74, 6) is -0.810. The number of nitrogens with one attached hydrogen (secondary N) is 2. The standard InChI is InChI=1S/C35H39BrN4O4S/c1-21(33(43)44-35(5,6)7)39-31(41)27(40-32(42)28-16-17-29(45-28)34(2,3)4)18-22-8-10-24(11-9-22)30-37-19-25(20-38-30)23-12-14-26(36)15-13-23/h8-17,19-21,27H,18H2,1-7H3,(H,39,41)(H,40,42)/t21-,27+/m1/s1. The Morgan fingerprint density at radius 3 is 1.98 bits per heavy atom. The third-order valence-corrected chi connectivity index (χ3v) is 8.83. The zero-order valence-corrected chi connectivity index (χ0v) is 29.0. The van der Waals surface area contributed by atoms with Crippen LogP contribution < -0.4 is 10.6 Å². The van der Waals surface area contributed by atoms with E-state index in [0.717, 1.165) is 31.6 Å². The molecule has 8 nitrogen and oxygen atoms in total. The van der Waals surface area contributed by atoms with E-state index in [1.165, 1.54) is 11.3 Å². The maximum absolute atomic E-state index is 13.5. The van der Waals surface area contributed by atoms with E-state index in [0.29, 0.717) is 10.7 Å². The van der Waals surface area contributed by atoms with Crippen LogP contribution in [0.4, 0.5) is 0 Å². The van der Waals surface area contributed by atoms with Gasteiger partial charge in [0, 0.05) is 39.3 Å². The topological polar surface area (TPSA) is 110 Å². The lowest BCUT2D eigenvalue weighted by Crippen LogP contribution is -2.52. The van der Waals surface area contributed by atoms with Crippen molar-refractivity contribution in [2.24, 2.45) is 0 Å². The molecule has 2 N–H and O–H groups in total. The van der Waals surface area contributed by atoms with Crippen molar-refractivity contribution in [2.75, 3.05) is 0 Å². The Bertz CT molecular complexity index is 1640. The third-order valence-electron chi connectivity index (χ3n) is 6.79. The molecule has 2 heterocycles. The van der Waals surface area contributed by atoms with E-state index in [1.807, 2.05) is 54.6 Å². The molecule has 2 atom stereocenters. The van der Waals surface area contributed by atoms with Crippen LogP contribution in [-0.2, 0) is 26.2 Å². The molecule has 2 amide bonds. The maximum atomic E-state index is 13.5. The summed E-state index contributed by atoms with van der Waals surface area (Å²) in [6.45, 7) is 13.1. The van der Waals surface area contributed by atoms with Crippen LogP contribution in [0.3, 0.4) is 0 Å². The molecule has 236 valence electrons. The summed E-state index contributed by atoms with van der Waals surface area (Å²) in [5, 5.41) is 5.61. The van der Waals surface area contributed by atoms with Crippen molar-refractivity contribution in [1.29, 1.82) is 0 Å². The molecule has 0 aliphatic heterocycles. The molecular formula is C35H39BrN4O4S. The molecule has 0 saturated heterocycles. The summed E-state index contributed by atoms with van der Waals surface area (Å²) in [7, 11) is 0. The fourth-order valence-corrected chi connectivity index (χ4v) is 5.59. The lowest BCUT2D eigenvalue weighted by atomic mass is 9.95. The van der Waals surface area contributed by atoms with Gasteiger partial charge in [-0.3, -0.25) is 9.59 Å². The molecule has 0 aliphatic rings. The van der Waals surface area contributed by atoms with Crippen LogP contribution in [0.1, 0.15) is 68.6 Å². The summed E-state index contributed by atoms with van der Waals surface area (Å²) in [6, 6.07) is 17.4. The number of thiophene rings is 1. The first kappa shape index (κ1) is 34.0. The first-order chi connectivity index (χ1) is 21.1. The predicted molar refractivity (Wildman–Crippen MR) is 182 cm³/mol. The van der Waals surface area contributed by atoms with Gasteiger partial charge in [-0.05, 0) is 68.5 Å². The number of halogens is 1. The normalized spacial score (nSPS) is 13.1.